The van der Waals surface area contributed by atoms with Gasteiger partial charge in [0.1, 0.15) is 6.61 Å². The molecule has 0 unspecified atom stereocenters. The van der Waals surface area contributed by atoms with Crippen molar-refractivity contribution in [2.75, 3.05) is 0 Å². The van der Waals surface area contributed by atoms with Crippen LogP contribution < -0.4 is 10.5 Å². The molecular formula is C17H17FN2O. The average molecular weight is 284 g/mol. The Morgan fingerprint density at radius 1 is 1.14 bits per heavy atom. The molecule has 0 spiro atoms. The van der Waals surface area contributed by atoms with Gasteiger partial charge in [-0.25, -0.2) is 4.39 Å². The van der Waals surface area contributed by atoms with Gasteiger partial charge in [-0.05, 0) is 23.8 Å². The summed E-state index contributed by atoms with van der Waals surface area (Å²) in [6.45, 7) is 0.804. The molecular weight excluding hydrogens is 267 g/mol. The molecule has 0 radical (unpaired) electrons. The lowest BCUT2D eigenvalue weighted by Crippen LogP contribution is -2.05. The Labute approximate surface area is 122 Å². The van der Waals surface area contributed by atoms with Gasteiger partial charge in [0.05, 0.1) is 11.2 Å². The van der Waals surface area contributed by atoms with Gasteiger partial charge in [0.15, 0.2) is 11.6 Å². The molecule has 4 heteroatoms. The van der Waals surface area contributed by atoms with Crippen molar-refractivity contribution < 1.29 is 9.13 Å². The third-order valence-electron chi connectivity index (χ3n) is 3.67. The van der Waals surface area contributed by atoms with Crippen LogP contribution in [0.4, 0.5) is 4.39 Å². The fraction of sp³-hybridized carbons (Fsp3) is 0.176. The molecule has 0 saturated heterocycles. The monoisotopic (exact) mass is 284 g/mol. The molecule has 108 valence electrons. The highest BCUT2D eigenvalue weighted by Gasteiger charge is 2.10. The van der Waals surface area contributed by atoms with E-state index in [2.05, 4.69) is 10.6 Å². The summed E-state index contributed by atoms with van der Waals surface area (Å²) in [5, 5.41) is 1.12. The minimum atomic E-state index is -0.348. The molecule has 3 nitrogen and oxygen atoms in total. The van der Waals surface area contributed by atoms with Crippen molar-refractivity contribution in [2.45, 2.75) is 13.2 Å². The highest BCUT2D eigenvalue weighted by molar-refractivity contribution is 5.84. The second kappa shape index (κ2) is 5.58. The van der Waals surface area contributed by atoms with Crippen molar-refractivity contribution in [2.24, 2.45) is 12.8 Å². The van der Waals surface area contributed by atoms with Gasteiger partial charge in [-0.15, -0.1) is 0 Å². The highest BCUT2D eigenvalue weighted by atomic mass is 19.1. The molecule has 2 aromatic carbocycles. The number of aryl methyl sites for hydroxylation is 1. The van der Waals surface area contributed by atoms with Crippen molar-refractivity contribution in [3.8, 4) is 5.75 Å². The summed E-state index contributed by atoms with van der Waals surface area (Å²) in [6, 6.07) is 14.5. The number of aromatic nitrogens is 1. The van der Waals surface area contributed by atoms with Crippen LogP contribution in [-0.4, -0.2) is 4.57 Å². The van der Waals surface area contributed by atoms with Crippen LogP contribution in [0.25, 0.3) is 10.9 Å². The zero-order valence-electron chi connectivity index (χ0n) is 11.8. The summed E-state index contributed by atoms with van der Waals surface area (Å²) in [6.07, 6.45) is 0. The van der Waals surface area contributed by atoms with Gasteiger partial charge in [0.2, 0.25) is 0 Å². The Morgan fingerprint density at radius 2 is 1.95 bits per heavy atom. The number of rotatable bonds is 4. The maximum atomic E-state index is 13.6. The molecule has 0 bridgehead atoms. The minimum Gasteiger partial charge on any atom is -0.484 e. The van der Waals surface area contributed by atoms with E-state index < -0.39 is 0 Å². The standard InChI is InChI=1S/C17H17FN2O/c1-20-14(11-21-16-8-3-2-7-15(16)18)9-12-5-4-6-13(10-19)17(12)20/h2-9H,10-11,19H2,1H3. The first-order valence-electron chi connectivity index (χ1n) is 6.84. The molecule has 21 heavy (non-hydrogen) atoms. The normalized spacial score (nSPS) is 11.0. The van der Waals surface area contributed by atoms with Crippen molar-refractivity contribution in [1.29, 1.82) is 0 Å². The SMILES string of the molecule is Cn1c(COc2ccccc2F)cc2cccc(CN)c21. The van der Waals surface area contributed by atoms with Gasteiger partial charge in [0.25, 0.3) is 0 Å². The summed E-state index contributed by atoms with van der Waals surface area (Å²) in [5.41, 5.74) is 8.96. The maximum absolute atomic E-state index is 13.6. The van der Waals surface area contributed by atoms with Crippen LogP contribution in [0.2, 0.25) is 0 Å². The average Bonchev–Trinajstić information content (AvgIpc) is 2.83. The quantitative estimate of drug-likeness (QED) is 0.798. The van der Waals surface area contributed by atoms with Gasteiger partial charge >= 0.3 is 0 Å². The fourth-order valence-electron chi connectivity index (χ4n) is 2.57. The predicted molar refractivity (Wildman–Crippen MR) is 81.5 cm³/mol. The Morgan fingerprint density at radius 3 is 2.71 bits per heavy atom. The third kappa shape index (κ3) is 2.50. The third-order valence-corrected chi connectivity index (χ3v) is 3.67. The van der Waals surface area contributed by atoms with Crippen LogP contribution in [0.15, 0.2) is 48.5 Å². The van der Waals surface area contributed by atoms with Gasteiger partial charge in [-0.3, -0.25) is 0 Å². The molecule has 0 saturated carbocycles. The first-order valence-corrected chi connectivity index (χ1v) is 6.84. The Hall–Kier alpha value is -2.33. The molecule has 0 atom stereocenters. The second-order valence-electron chi connectivity index (χ2n) is 4.97. The van der Waals surface area contributed by atoms with Crippen molar-refractivity contribution >= 4 is 10.9 Å². The zero-order chi connectivity index (χ0) is 14.8. The van der Waals surface area contributed by atoms with Crippen molar-refractivity contribution in [3.05, 3.63) is 65.6 Å². The first kappa shape index (κ1) is 13.6. The van der Waals surface area contributed by atoms with Gasteiger partial charge in [-0.2, -0.15) is 0 Å². The molecule has 2 N–H and O–H groups in total. The van der Waals surface area contributed by atoms with E-state index in [-0.39, 0.29) is 11.6 Å². The number of nitrogens with two attached hydrogens (primary N) is 1. The van der Waals surface area contributed by atoms with Crippen LogP contribution in [0.3, 0.4) is 0 Å². The summed E-state index contributed by atoms with van der Waals surface area (Å²) in [7, 11) is 1.97. The molecule has 0 aliphatic carbocycles. The van der Waals surface area contributed by atoms with E-state index in [9.17, 15) is 4.39 Å². The summed E-state index contributed by atoms with van der Waals surface area (Å²) < 4.78 is 21.2. The summed E-state index contributed by atoms with van der Waals surface area (Å²) in [5.74, 6) is -0.0827. The molecule has 0 aliphatic rings. The van der Waals surface area contributed by atoms with Crippen molar-refractivity contribution in [1.82, 2.24) is 4.57 Å². The second-order valence-corrected chi connectivity index (χ2v) is 4.97. The number of nitrogens with zero attached hydrogens (tertiary/aromatic N) is 1. The lowest BCUT2D eigenvalue weighted by molar-refractivity contribution is 0.283. The van der Waals surface area contributed by atoms with E-state index >= 15 is 0 Å². The molecule has 0 amide bonds. The predicted octanol–water partition coefficient (Wildman–Crippen LogP) is 3.36. The summed E-state index contributed by atoms with van der Waals surface area (Å²) >= 11 is 0. The van der Waals surface area contributed by atoms with Crippen LogP contribution in [0.1, 0.15) is 11.3 Å². The lowest BCUT2D eigenvalue weighted by Gasteiger charge is -2.09. The number of ether oxygens (including phenoxy) is 1. The number of halogens is 1. The Kier molecular flexibility index (Phi) is 3.62. The van der Waals surface area contributed by atoms with Crippen molar-refractivity contribution in [3.63, 3.8) is 0 Å². The van der Waals surface area contributed by atoms with Gasteiger partial charge in [0, 0.05) is 19.0 Å². The molecule has 3 rings (SSSR count). The number of benzene rings is 2. The fourth-order valence-corrected chi connectivity index (χ4v) is 2.57. The highest BCUT2D eigenvalue weighted by Crippen LogP contribution is 2.24. The van der Waals surface area contributed by atoms with Crippen LogP contribution in [-0.2, 0) is 20.2 Å². The summed E-state index contributed by atoms with van der Waals surface area (Å²) in [4.78, 5) is 0. The maximum Gasteiger partial charge on any atom is 0.165 e. The first-order chi connectivity index (χ1) is 10.2. The van der Waals surface area contributed by atoms with E-state index in [4.69, 9.17) is 10.5 Å². The van der Waals surface area contributed by atoms with E-state index in [1.807, 2.05) is 25.2 Å². The van der Waals surface area contributed by atoms with E-state index in [0.29, 0.717) is 13.2 Å². The number of para-hydroxylation sites is 2. The minimum absolute atomic E-state index is 0.266. The number of fused-ring (bicyclic) bond motifs is 1. The van der Waals surface area contributed by atoms with E-state index in [1.54, 1.807) is 18.2 Å². The van der Waals surface area contributed by atoms with Crippen LogP contribution in [0, 0.1) is 5.82 Å². The van der Waals surface area contributed by atoms with Crippen LogP contribution >= 0.6 is 0 Å². The molecule has 1 heterocycles. The molecule has 0 aliphatic heterocycles. The molecule has 3 aromatic rings. The Bertz CT molecular complexity index is 780. The topological polar surface area (TPSA) is 40.2 Å². The van der Waals surface area contributed by atoms with E-state index in [0.717, 1.165) is 22.2 Å². The number of hydrogen-bond donors (Lipinski definition) is 1. The molecule has 1 aromatic heterocycles. The van der Waals surface area contributed by atoms with Crippen LogP contribution in [0.5, 0.6) is 5.75 Å². The van der Waals surface area contributed by atoms with E-state index in [1.165, 1.54) is 6.07 Å². The number of hydrogen-bond acceptors (Lipinski definition) is 2. The smallest absolute Gasteiger partial charge is 0.165 e. The Balaban J connectivity index is 1.91. The van der Waals surface area contributed by atoms with Gasteiger partial charge in [-0.1, -0.05) is 30.3 Å². The van der Waals surface area contributed by atoms with Gasteiger partial charge < -0.3 is 15.0 Å². The lowest BCUT2D eigenvalue weighted by atomic mass is 10.1. The zero-order valence-corrected chi connectivity index (χ0v) is 11.8. The molecule has 0 fully saturated rings. The largest absolute Gasteiger partial charge is 0.484 e.